The zero-order valence-electron chi connectivity index (χ0n) is 11.4. The number of hydrogen-bond acceptors (Lipinski definition) is 3. The average Bonchev–Trinajstić information content (AvgIpc) is 2.35. The van der Waals surface area contributed by atoms with Crippen LogP contribution in [-0.4, -0.2) is 12.0 Å². The normalized spacial score (nSPS) is 12.4. The largest absolute Gasteiger partial charge is 0.383 e. The summed E-state index contributed by atoms with van der Waals surface area (Å²) in [7, 11) is 1.93. The second-order valence-corrected chi connectivity index (χ2v) is 5.53. The molecular formula is C15H18BrN3. The fourth-order valence-corrected chi connectivity index (χ4v) is 3.01. The minimum atomic E-state index is 0.0312. The summed E-state index contributed by atoms with van der Waals surface area (Å²) in [5, 5.41) is 3.33. The van der Waals surface area contributed by atoms with Crippen molar-refractivity contribution >= 4 is 21.7 Å². The third kappa shape index (κ3) is 2.80. The molecule has 0 fully saturated rings. The molecular weight excluding hydrogens is 302 g/mol. The maximum atomic E-state index is 6.05. The first-order valence-corrected chi connectivity index (χ1v) is 6.98. The number of nitrogens with two attached hydrogens (primary N) is 1. The highest BCUT2D eigenvalue weighted by molar-refractivity contribution is 9.10. The van der Waals surface area contributed by atoms with Crippen LogP contribution in [0.25, 0.3) is 0 Å². The Hall–Kier alpha value is -1.39. The van der Waals surface area contributed by atoms with Crippen molar-refractivity contribution in [3.05, 3.63) is 57.2 Å². The van der Waals surface area contributed by atoms with Gasteiger partial charge in [-0.05, 0) is 49.7 Å². The number of hydrogen-bond donors (Lipinski definition) is 2. The molecule has 2 rings (SSSR count). The highest BCUT2D eigenvalue weighted by Crippen LogP contribution is 2.32. The maximum absolute atomic E-state index is 6.05. The van der Waals surface area contributed by atoms with Crippen LogP contribution in [0.15, 0.2) is 34.9 Å². The number of nitrogens with one attached hydrogen (secondary N) is 1. The lowest BCUT2D eigenvalue weighted by atomic mass is 9.95. The monoisotopic (exact) mass is 319 g/mol. The molecule has 0 spiro atoms. The molecule has 0 aliphatic carbocycles. The van der Waals surface area contributed by atoms with E-state index >= 15 is 0 Å². The van der Waals surface area contributed by atoms with Crippen molar-refractivity contribution in [3.63, 3.8) is 0 Å². The van der Waals surface area contributed by atoms with Crippen LogP contribution in [0, 0.1) is 13.8 Å². The van der Waals surface area contributed by atoms with E-state index in [1.807, 2.05) is 13.1 Å². The first-order chi connectivity index (χ1) is 9.04. The molecule has 19 heavy (non-hydrogen) atoms. The van der Waals surface area contributed by atoms with Crippen molar-refractivity contribution in [1.29, 1.82) is 0 Å². The Balaban J connectivity index is 2.56. The van der Waals surface area contributed by atoms with Crippen LogP contribution in [0.4, 0.5) is 5.82 Å². The van der Waals surface area contributed by atoms with Gasteiger partial charge in [-0.3, -0.25) is 0 Å². The Morgan fingerprint density at radius 3 is 2.58 bits per heavy atom. The summed E-state index contributed by atoms with van der Waals surface area (Å²) in [4.78, 5) is 4.20. The highest BCUT2D eigenvalue weighted by Gasteiger charge is 2.19. The zero-order valence-corrected chi connectivity index (χ0v) is 13.0. The number of aromatic nitrogens is 1. The lowest BCUT2D eigenvalue weighted by molar-refractivity contribution is 0.684. The number of anilines is 1. The number of nitrogen functional groups attached to an aromatic ring is 1. The van der Waals surface area contributed by atoms with Crippen molar-refractivity contribution in [1.82, 2.24) is 10.3 Å². The van der Waals surface area contributed by atoms with Crippen molar-refractivity contribution in [3.8, 4) is 0 Å². The van der Waals surface area contributed by atoms with Crippen LogP contribution in [0.1, 0.15) is 28.3 Å². The smallest absolute Gasteiger partial charge is 0.128 e. The van der Waals surface area contributed by atoms with Crippen LogP contribution >= 0.6 is 15.9 Å². The van der Waals surface area contributed by atoms with Crippen molar-refractivity contribution in [2.24, 2.45) is 0 Å². The Morgan fingerprint density at radius 1 is 1.26 bits per heavy atom. The van der Waals surface area contributed by atoms with Gasteiger partial charge in [-0.1, -0.05) is 28.1 Å². The molecule has 0 amide bonds. The minimum absolute atomic E-state index is 0.0312. The van der Waals surface area contributed by atoms with Crippen LogP contribution in [0.5, 0.6) is 0 Å². The van der Waals surface area contributed by atoms with Crippen LogP contribution in [0.3, 0.4) is 0 Å². The summed E-state index contributed by atoms with van der Waals surface area (Å²) in [5.41, 5.74) is 10.6. The van der Waals surface area contributed by atoms with Gasteiger partial charge in [0.1, 0.15) is 5.82 Å². The molecule has 0 saturated carbocycles. The Bertz CT molecular complexity index is 576. The number of pyridine rings is 1. The summed E-state index contributed by atoms with van der Waals surface area (Å²) in [6.07, 6.45) is 1.74. The maximum Gasteiger partial charge on any atom is 0.128 e. The van der Waals surface area contributed by atoms with Gasteiger partial charge in [0.25, 0.3) is 0 Å². The summed E-state index contributed by atoms with van der Waals surface area (Å²) in [5.74, 6) is 0.576. The molecule has 1 heterocycles. The molecule has 0 radical (unpaired) electrons. The molecule has 0 saturated heterocycles. The SMILES string of the molecule is CNC(c1ccc(C)cc1Br)c1c(C)ccnc1N. The first kappa shape index (κ1) is 14.0. The Labute approximate surface area is 122 Å². The van der Waals surface area contributed by atoms with E-state index < -0.39 is 0 Å². The van der Waals surface area contributed by atoms with E-state index in [0.717, 1.165) is 21.2 Å². The molecule has 0 aliphatic rings. The molecule has 0 aliphatic heterocycles. The van der Waals surface area contributed by atoms with Gasteiger partial charge in [-0.15, -0.1) is 0 Å². The molecule has 1 atom stereocenters. The Morgan fingerprint density at radius 2 is 2.00 bits per heavy atom. The summed E-state index contributed by atoms with van der Waals surface area (Å²) < 4.78 is 1.08. The highest BCUT2D eigenvalue weighted by atomic mass is 79.9. The molecule has 1 aromatic heterocycles. The van der Waals surface area contributed by atoms with E-state index in [2.05, 4.69) is 58.3 Å². The molecule has 3 nitrogen and oxygen atoms in total. The third-order valence-corrected chi connectivity index (χ3v) is 3.97. The van der Waals surface area contributed by atoms with Gasteiger partial charge in [-0.25, -0.2) is 4.98 Å². The first-order valence-electron chi connectivity index (χ1n) is 6.19. The molecule has 2 aromatic rings. The van der Waals surface area contributed by atoms with Gasteiger partial charge in [0.15, 0.2) is 0 Å². The predicted octanol–water partition coefficient (Wildman–Crippen LogP) is 3.35. The third-order valence-electron chi connectivity index (χ3n) is 3.28. The summed E-state index contributed by atoms with van der Waals surface area (Å²) in [6.45, 7) is 4.13. The number of aryl methyl sites for hydroxylation is 2. The van der Waals surface area contributed by atoms with E-state index in [9.17, 15) is 0 Å². The van der Waals surface area contributed by atoms with Crippen LogP contribution in [-0.2, 0) is 0 Å². The van der Waals surface area contributed by atoms with E-state index in [-0.39, 0.29) is 6.04 Å². The van der Waals surface area contributed by atoms with E-state index in [0.29, 0.717) is 5.82 Å². The molecule has 1 unspecified atom stereocenters. The minimum Gasteiger partial charge on any atom is -0.383 e. The molecule has 100 valence electrons. The molecule has 0 bridgehead atoms. The second-order valence-electron chi connectivity index (χ2n) is 4.67. The van der Waals surface area contributed by atoms with Gasteiger partial charge in [0, 0.05) is 16.2 Å². The van der Waals surface area contributed by atoms with Crippen molar-refractivity contribution in [2.75, 3.05) is 12.8 Å². The number of rotatable bonds is 3. The van der Waals surface area contributed by atoms with Gasteiger partial charge < -0.3 is 11.1 Å². The van der Waals surface area contributed by atoms with Gasteiger partial charge in [0.2, 0.25) is 0 Å². The topological polar surface area (TPSA) is 50.9 Å². The van der Waals surface area contributed by atoms with Crippen LogP contribution < -0.4 is 11.1 Å². The lowest BCUT2D eigenvalue weighted by Crippen LogP contribution is -2.21. The van der Waals surface area contributed by atoms with E-state index in [1.54, 1.807) is 6.20 Å². The fourth-order valence-electron chi connectivity index (χ4n) is 2.29. The second kappa shape index (κ2) is 5.72. The average molecular weight is 320 g/mol. The van der Waals surface area contributed by atoms with Gasteiger partial charge in [-0.2, -0.15) is 0 Å². The standard InChI is InChI=1S/C15H18BrN3/c1-9-4-5-11(12(16)8-9)14(18-3)13-10(2)6-7-19-15(13)17/h4-8,14,18H,1-3H3,(H2,17,19). The summed E-state index contributed by atoms with van der Waals surface area (Å²) >= 11 is 3.63. The quantitative estimate of drug-likeness (QED) is 0.912. The number of halogens is 1. The fraction of sp³-hybridized carbons (Fsp3) is 0.267. The Kier molecular flexibility index (Phi) is 4.22. The molecule has 4 heteroatoms. The van der Waals surface area contributed by atoms with Gasteiger partial charge in [0.05, 0.1) is 6.04 Å². The van der Waals surface area contributed by atoms with E-state index in [4.69, 9.17) is 5.73 Å². The number of benzene rings is 1. The number of nitrogens with zero attached hydrogens (tertiary/aromatic N) is 1. The predicted molar refractivity (Wildman–Crippen MR) is 83.2 cm³/mol. The van der Waals surface area contributed by atoms with Crippen molar-refractivity contribution in [2.45, 2.75) is 19.9 Å². The van der Waals surface area contributed by atoms with Gasteiger partial charge >= 0.3 is 0 Å². The molecule has 3 N–H and O–H groups in total. The van der Waals surface area contributed by atoms with E-state index in [1.165, 1.54) is 5.56 Å². The van der Waals surface area contributed by atoms with Crippen molar-refractivity contribution < 1.29 is 0 Å². The zero-order chi connectivity index (χ0) is 14.0. The lowest BCUT2D eigenvalue weighted by Gasteiger charge is -2.22. The van der Waals surface area contributed by atoms with Crippen LogP contribution in [0.2, 0.25) is 0 Å². The molecule has 1 aromatic carbocycles. The summed E-state index contributed by atoms with van der Waals surface area (Å²) in [6, 6.07) is 8.35.